The van der Waals surface area contributed by atoms with Gasteiger partial charge in [0.1, 0.15) is 11.5 Å². The van der Waals surface area contributed by atoms with Crippen LogP contribution in [-0.2, 0) is 6.42 Å². The van der Waals surface area contributed by atoms with E-state index in [9.17, 15) is 0 Å². The van der Waals surface area contributed by atoms with Gasteiger partial charge in [-0.3, -0.25) is 0 Å². The van der Waals surface area contributed by atoms with Gasteiger partial charge in [0, 0.05) is 0 Å². The van der Waals surface area contributed by atoms with E-state index < -0.39 is 0 Å². The summed E-state index contributed by atoms with van der Waals surface area (Å²) >= 11 is 6.48. The third kappa shape index (κ3) is 3.91. The van der Waals surface area contributed by atoms with Crippen molar-refractivity contribution in [1.82, 2.24) is 0 Å². The van der Waals surface area contributed by atoms with Crippen LogP contribution in [-0.4, -0.2) is 13.7 Å². The lowest BCUT2D eigenvalue weighted by Gasteiger charge is -2.12. The van der Waals surface area contributed by atoms with Gasteiger partial charge in [-0.15, -0.1) is 11.6 Å². The molecule has 0 saturated heterocycles. The maximum Gasteiger partial charge on any atom is 0.119 e. The highest BCUT2D eigenvalue weighted by Crippen LogP contribution is 2.27. The zero-order chi connectivity index (χ0) is 14.4. The number of alkyl halides is 1. The molecule has 0 amide bonds. The highest BCUT2D eigenvalue weighted by atomic mass is 35.5. The van der Waals surface area contributed by atoms with Gasteiger partial charge in [-0.2, -0.15) is 0 Å². The molecule has 0 saturated carbocycles. The van der Waals surface area contributed by atoms with Crippen LogP contribution in [0.4, 0.5) is 0 Å². The van der Waals surface area contributed by atoms with Gasteiger partial charge >= 0.3 is 0 Å². The summed E-state index contributed by atoms with van der Waals surface area (Å²) in [5.41, 5.74) is 2.26. The van der Waals surface area contributed by atoms with E-state index in [4.69, 9.17) is 21.1 Å². The summed E-state index contributed by atoms with van der Waals surface area (Å²) in [6.07, 6.45) is 0.771. The maximum atomic E-state index is 6.48. The smallest absolute Gasteiger partial charge is 0.119 e. The minimum absolute atomic E-state index is 0.0576. The molecule has 0 aliphatic carbocycles. The summed E-state index contributed by atoms with van der Waals surface area (Å²) in [5, 5.41) is -0.0576. The van der Waals surface area contributed by atoms with E-state index in [0.29, 0.717) is 6.61 Å². The Bertz CT molecular complexity index is 537. The maximum absolute atomic E-state index is 6.48. The van der Waals surface area contributed by atoms with Gasteiger partial charge in [-0.25, -0.2) is 0 Å². The first-order chi connectivity index (χ1) is 9.72. The molecule has 0 N–H and O–H groups in total. The van der Waals surface area contributed by atoms with Crippen LogP contribution in [0.3, 0.4) is 0 Å². The van der Waals surface area contributed by atoms with Crippen LogP contribution in [0, 0.1) is 0 Å². The molecule has 0 aromatic heterocycles. The molecule has 106 valence electrons. The molecule has 3 heteroatoms. The standard InChI is InChI=1S/C17H19ClO2/c1-3-20-15-9-7-14(8-10-15)17(18)12-13-5-4-6-16(11-13)19-2/h4-11,17H,3,12H2,1-2H3. The van der Waals surface area contributed by atoms with E-state index in [0.717, 1.165) is 23.5 Å². The SMILES string of the molecule is CCOc1ccc(C(Cl)Cc2cccc(OC)c2)cc1. The Morgan fingerprint density at radius 2 is 1.80 bits per heavy atom. The van der Waals surface area contributed by atoms with Crippen LogP contribution < -0.4 is 9.47 Å². The van der Waals surface area contributed by atoms with Crippen molar-refractivity contribution in [2.75, 3.05) is 13.7 Å². The van der Waals surface area contributed by atoms with Crippen molar-refractivity contribution < 1.29 is 9.47 Å². The van der Waals surface area contributed by atoms with Crippen LogP contribution >= 0.6 is 11.6 Å². The monoisotopic (exact) mass is 290 g/mol. The molecule has 2 aromatic rings. The zero-order valence-corrected chi connectivity index (χ0v) is 12.6. The molecule has 0 aliphatic heterocycles. The van der Waals surface area contributed by atoms with Crippen LogP contribution in [0.5, 0.6) is 11.5 Å². The Morgan fingerprint density at radius 1 is 1.05 bits per heavy atom. The lowest BCUT2D eigenvalue weighted by Crippen LogP contribution is -1.97. The molecule has 2 aromatic carbocycles. The molecule has 2 nitrogen and oxygen atoms in total. The summed E-state index contributed by atoms with van der Waals surface area (Å²) < 4.78 is 10.7. The predicted molar refractivity (Wildman–Crippen MR) is 82.9 cm³/mol. The Kier molecular flexibility index (Phi) is 5.31. The molecule has 2 rings (SSSR count). The lowest BCUT2D eigenvalue weighted by molar-refractivity contribution is 0.340. The lowest BCUT2D eigenvalue weighted by atomic mass is 10.0. The molecule has 0 radical (unpaired) electrons. The normalized spacial score (nSPS) is 11.9. The van der Waals surface area contributed by atoms with Gasteiger partial charge in [0.25, 0.3) is 0 Å². The Morgan fingerprint density at radius 3 is 2.45 bits per heavy atom. The number of methoxy groups -OCH3 is 1. The minimum atomic E-state index is -0.0576. The summed E-state index contributed by atoms with van der Waals surface area (Å²) in [4.78, 5) is 0. The molecule has 0 spiro atoms. The zero-order valence-electron chi connectivity index (χ0n) is 11.8. The van der Waals surface area contributed by atoms with Gasteiger partial charge in [0.05, 0.1) is 19.1 Å². The second-order valence-corrected chi connectivity index (χ2v) is 5.05. The third-order valence-corrected chi connectivity index (χ3v) is 3.51. The first kappa shape index (κ1) is 14.7. The highest BCUT2D eigenvalue weighted by molar-refractivity contribution is 6.20. The number of benzene rings is 2. The van der Waals surface area contributed by atoms with Crippen molar-refractivity contribution in [2.45, 2.75) is 18.7 Å². The van der Waals surface area contributed by atoms with E-state index in [-0.39, 0.29) is 5.38 Å². The second-order valence-electron chi connectivity index (χ2n) is 4.53. The van der Waals surface area contributed by atoms with Gasteiger partial charge in [-0.1, -0.05) is 24.3 Å². The van der Waals surface area contributed by atoms with E-state index in [1.807, 2.05) is 49.4 Å². The summed E-state index contributed by atoms with van der Waals surface area (Å²) in [6, 6.07) is 15.9. The Hall–Kier alpha value is -1.67. The average molecular weight is 291 g/mol. The third-order valence-electron chi connectivity index (χ3n) is 3.10. The first-order valence-electron chi connectivity index (χ1n) is 6.72. The molecular formula is C17H19ClO2. The summed E-state index contributed by atoms with van der Waals surface area (Å²) in [7, 11) is 1.67. The van der Waals surface area contributed by atoms with Crippen molar-refractivity contribution in [1.29, 1.82) is 0 Å². The van der Waals surface area contributed by atoms with Crippen LogP contribution in [0.15, 0.2) is 48.5 Å². The van der Waals surface area contributed by atoms with E-state index in [1.54, 1.807) is 7.11 Å². The van der Waals surface area contributed by atoms with Crippen molar-refractivity contribution >= 4 is 11.6 Å². The van der Waals surface area contributed by atoms with E-state index in [2.05, 4.69) is 6.07 Å². The fourth-order valence-corrected chi connectivity index (χ4v) is 2.39. The number of hydrogen-bond acceptors (Lipinski definition) is 2. The molecule has 0 fully saturated rings. The molecule has 0 bridgehead atoms. The van der Waals surface area contributed by atoms with Crippen molar-refractivity contribution in [2.24, 2.45) is 0 Å². The highest BCUT2D eigenvalue weighted by Gasteiger charge is 2.09. The summed E-state index contributed by atoms with van der Waals surface area (Å²) in [6.45, 7) is 2.65. The van der Waals surface area contributed by atoms with Gasteiger partial charge in [-0.05, 0) is 48.7 Å². The molecule has 1 atom stereocenters. The fraction of sp³-hybridized carbons (Fsp3) is 0.294. The molecular weight excluding hydrogens is 272 g/mol. The molecule has 1 unspecified atom stereocenters. The van der Waals surface area contributed by atoms with Crippen molar-refractivity contribution in [3.05, 3.63) is 59.7 Å². The predicted octanol–water partition coefficient (Wildman–Crippen LogP) is 4.62. The minimum Gasteiger partial charge on any atom is -0.497 e. The van der Waals surface area contributed by atoms with Gasteiger partial charge < -0.3 is 9.47 Å². The average Bonchev–Trinajstić information content (AvgIpc) is 2.48. The molecule has 20 heavy (non-hydrogen) atoms. The van der Waals surface area contributed by atoms with Crippen LogP contribution in [0.2, 0.25) is 0 Å². The first-order valence-corrected chi connectivity index (χ1v) is 7.16. The van der Waals surface area contributed by atoms with Crippen molar-refractivity contribution in [3.8, 4) is 11.5 Å². The second kappa shape index (κ2) is 7.20. The Balaban J connectivity index is 2.05. The largest absolute Gasteiger partial charge is 0.497 e. The van der Waals surface area contributed by atoms with Crippen LogP contribution in [0.25, 0.3) is 0 Å². The number of halogens is 1. The fourth-order valence-electron chi connectivity index (χ4n) is 2.06. The number of ether oxygens (including phenoxy) is 2. The quantitative estimate of drug-likeness (QED) is 0.723. The summed E-state index contributed by atoms with van der Waals surface area (Å²) in [5.74, 6) is 1.74. The Labute approximate surface area is 125 Å². The molecule has 0 aliphatic rings. The van der Waals surface area contributed by atoms with Crippen LogP contribution in [0.1, 0.15) is 23.4 Å². The van der Waals surface area contributed by atoms with Crippen molar-refractivity contribution in [3.63, 3.8) is 0 Å². The number of rotatable bonds is 6. The van der Waals surface area contributed by atoms with Gasteiger partial charge in [0.15, 0.2) is 0 Å². The van der Waals surface area contributed by atoms with Gasteiger partial charge in [0.2, 0.25) is 0 Å². The topological polar surface area (TPSA) is 18.5 Å². The number of hydrogen-bond donors (Lipinski definition) is 0. The van der Waals surface area contributed by atoms with E-state index >= 15 is 0 Å². The molecule has 0 heterocycles. The van der Waals surface area contributed by atoms with E-state index in [1.165, 1.54) is 5.56 Å².